The van der Waals surface area contributed by atoms with Gasteiger partial charge in [0.05, 0.1) is 6.67 Å². The standard InChI is InChI=1S/C21H22F3N3O2/c1-27-19(28)18(26-21(27)25)16-9-8-15(29-20(23)24)12-17(16)14-7-4-6-13(11-14)5-2-3-10-22/h4,6-9,11-12,18,20H,2-3,5,10H2,1H3,(H2,25,26). The molecule has 1 amide bonds. The minimum atomic E-state index is -2.96. The molecule has 154 valence electrons. The molecule has 3 rings (SSSR count). The zero-order chi connectivity index (χ0) is 21.0. The van der Waals surface area contributed by atoms with Gasteiger partial charge in [0.25, 0.3) is 5.91 Å². The van der Waals surface area contributed by atoms with E-state index in [1.807, 2.05) is 24.3 Å². The predicted molar refractivity (Wildman–Crippen MR) is 105 cm³/mol. The van der Waals surface area contributed by atoms with Crippen LogP contribution < -0.4 is 10.5 Å². The van der Waals surface area contributed by atoms with Gasteiger partial charge in [0.2, 0.25) is 0 Å². The molecule has 0 spiro atoms. The molecule has 5 nitrogen and oxygen atoms in total. The Balaban J connectivity index is 2.03. The van der Waals surface area contributed by atoms with E-state index >= 15 is 0 Å². The summed E-state index contributed by atoms with van der Waals surface area (Å²) in [7, 11) is 1.53. The topological polar surface area (TPSA) is 67.9 Å². The van der Waals surface area contributed by atoms with Gasteiger partial charge in [-0.05, 0) is 53.6 Å². The Labute approximate surface area is 167 Å². The third kappa shape index (κ3) is 4.70. The second kappa shape index (κ2) is 8.98. The van der Waals surface area contributed by atoms with E-state index in [0.717, 1.165) is 11.1 Å². The second-order valence-corrected chi connectivity index (χ2v) is 6.76. The third-order valence-electron chi connectivity index (χ3n) is 4.80. The molecule has 0 aromatic heterocycles. The Morgan fingerprint density at radius 1 is 1.21 bits per heavy atom. The Bertz CT molecular complexity index is 918. The van der Waals surface area contributed by atoms with Gasteiger partial charge in [0.15, 0.2) is 12.0 Å². The highest BCUT2D eigenvalue weighted by Crippen LogP contribution is 2.36. The first kappa shape index (κ1) is 20.7. The van der Waals surface area contributed by atoms with Crippen molar-refractivity contribution in [2.45, 2.75) is 31.9 Å². The van der Waals surface area contributed by atoms with E-state index in [4.69, 9.17) is 5.73 Å². The minimum absolute atomic E-state index is 0.0164. The van der Waals surface area contributed by atoms with Gasteiger partial charge in [0, 0.05) is 7.05 Å². The Morgan fingerprint density at radius 2 is 2.00 bits per heavy atom. The number of likely N-dealkylation sites (N-methyl/N-ethyl adjacent to an activating group) is 1. The van der Waals surface area contributed by atoms with Crippen LogP contribution in [0.15, 0.2) is 47.5 Å². The summed E-state index contributed by atoms with van der Waals surface area (Å²) in [5.74, 6) is -0.221. The summed E-state index contributed by atoms with van der Waals surface area (Å²) >= 11 is 0. The molecule has 8 heteroatoms. The average Bonchev–Trinajstić information content (AvgIpc) is 2.95. The van der Waals surface area contributed by atoms with E-state index in [-0.39, 0.29) is 24.3 Å². The SMILES string of the molecule is CN1C(=O)C(c2ccc(OC(F)F)cc2-c2cccc(CCCCF)c2)N=C1N. The van der Waals surface area contributed by atoms with E-state index in [0.29, 0.717) is 30.4 Å². The van der Waals surface area contributed by atoms with Gasteiger partial charge in [-0.2, -0.15) is 8.78 Å². The van der Waals surface area contributed by atoms with E-state index in [1.165, 1.54) is 24.1 Å². The van der Waals surface area contributed by atoms with Crippen molar-refractivity contribution in [1.82, 2.24) is 4.90 Å². The van der Waals surface area contributed by atoms with Gasteiger partial charge in [-0.1, -0.05) is 30.3 Å². The molecule has 2 aromatic rings. The molecule has 1 atom stereocenters. The zero-order valence-electron chi connectivity index (χ0n) is 15.9. The van der Waals surface area contributed by atoms with Gasteiger partial charge in [-0.15, -0.1) is 0 Å². The Hall–Kier alpha value is -3.03. The van der Waals surface area contributed by atoms with Crippen LogP contribution >= 0.6 is 0 Å². The summed E-state index contributed by atoms with van der Waals surface area (Å²) in [4.78, 5) is 18.0. The fourth-order valence-electron chi connectivity index (χ4n) is 3.29. The number of nitrogens with two attached hydrogens (primary N) is 1. The molecule has 0 saturated carbocycles. The first-order chi connectivity index (χ1) is 13.9. The Morgan fingerprint density at radius 3 is 2.66 bits per heavy atom. The number of hydrogen-bond acceptors (Lipinski definition) is 4. The lowest BCUT2D eigenvalue weighted by Gasteiger charge is -2.16. The van der Waals surface area contributed by atoms with Crippen molar-refractivity contribution in [2.75, 3.05) is 13.7 Å². The summed E-state index contributed by atoms with van der Waals surface area (Å²) in [5.41, 5.74) is 8.59. The first-order valence-electron chi connectivity index (χ1n) is 9.25. The van der Waals surface area contributed by atoms with Gasteiger partial charge in [-0.25, -0.2) is 4.99 Å². The normalized spacial score (nSPS) is 16.4. The van der Waals surface area contributed by atoms with Crippen LogP contribution in [0.2, 0.25) is 0 Å². The van der Waals surface area contributed by atoms with E-state index in [2.05, 4.69) is 9.73 Å². The molecule has 0 radical (unpaired) electrons. The number of guanidine groups is 1. The number of hydrogen-bond donors (Lipinski definition) is 1. The second-order valence-electron chi connectivity index (χ2n) is 6.76. The monoisotopic (exact) mass is 405 g/mol. The van der Waals surface area contributed by atoms with Crippen LogP contribution in [0.1, 0.15) is 30.0 Å². The van der Waals surface area contributed by atoms with Gasteiger partial charge >= 0.3 is 6.61 Å². The molecule has 1 unspecified atom stereocenters. The number of carbonyl (C=O) groups is 1. The number of alkyl halides is 3. The molecule has 0 aliphatic carbocycles. The minimum Gasteiger partial charge on any atom is -0.435 e. The van der Waals surface area contributed by atoms with Crippen LogP contribution in [0.4, 0.5) is 13.2 Å². The average molecular weight is 405 g/mol. The number of unbranched alkanes of at least 4 members (excludes halogenated alkanes) is 1. The van der Waals surface area contributed by atoms with Crippen molar-refractivity contribution in [1.29, 1.82) is 0 Å². The van der Waals surface area contributed by atoms with E-state index < -0.39 is 12.7 Å². The van der Waals surface area contributed by atoms with Crippen molar-refractivity contribution in [2.24, 2.45) is 10.7 Å². The molecular weight excluding hydrogens is 383 g/mol. The van der Waals surface area contributed by atoms with Gasteiger partial charge in [0.1, 0.15) is 5.75 Å². The quantitative estimate of drug-likeness (QED) is 0.673. The van der Waals surface area contributed by atoms with Crippen LogP contribution in [0.5, 0.6) is 5.75 Å². The van der Waals surface area contributed by atoms with E-state index in [1.54, 1.807) is 6.07 Å². The highest BCUT2D eigenvalue weighted by atomic mass is 19.3. The molecule has 2 N–H and O–H groups in total. The lowest BCUT2D eigenvalue weighted by molar-refractivity contribution is -0.126. The maximum atomic E-state index is 12.7. The van der Waals surface area contributed by atoms with Gasteiger partial charge < -0.3 is 10.5 Å². The van der Waals surface area contributed by atoms with E-state index in [9.17, 15) is 18.0 Å². The lowest BCUT2D eigenvalue weighted by Crippen LogP contribution is -2.34. The molecule has 2 aromatic carbocycles. The summed E-state index contributed by atoms with van der Waals surface area (Å²) in [6.07, 6.45) is 1.87. The number of nitrogens with zero attached hydrogens (tertiary/aromatic N) is 2. The number of halogens is 3. The maximum Gasteiger partial charge on any atom is 0.387 e. The van der Waals surface area contributed by atoms with Crippen LogP contribution in [0.3, 0.4) is 0 Å². The zero-order valence-corrected chi connectivity index (χ0v) is 15.9. The predicted octanol–water partition coefficient (Wildman–Crippen LogP) is 4.08. The van der Waals surface area contributed by atoms with Gasteiger partial charge in [-0.3, -0.25) is 14.1 Å². The summed E-state index contributed by atoms with van der Waals surface area (Å²) in [5, 5.41) is 0. The fraction of sp³-hybridized carbons (Fsp3) is 0.333. The smallest absolute Gasteiger partial charge is 0.387 e. The van der Waals surface area contributed by atoms with Crippen molar-refractivity contribution in [3.8, 4) is 16.9 Å². The number of aryl methyl sites for hydroxylation is 1. The Kier molecular flexibility index (Phi) is 6.41. The van der Waals surface area contributed by atoms with Crippen LogP contribution in [-0.4, -0.2) is 37.1 Å². The van der Waals surface area contributed by atoms with Crippen molar-refractivity contribution >= 4 is 11.9 Å². The summed E-state index contributed by atoms with van der Waals surface area (Å²) < 4.78 is 42.3. The number of ether oxygens (including phenoxy) is 1. The lowest BCUT2D eigenvalue weighted by atomic mass is 9.93. The molecule has 0 fully saturated rings. The third-order valence-corrected chi connectivity index (χ3v) is 4.80. The highest BCUT2D eigenvalue weighted by Gasteiger charge is 2.33. The van der Waals surface area contributed by atoms with Crippen LogP contribution in [0.25, 0.3) is 11.1 Å². The molecule has 1 heterocycles. The largest absolute Gasteiger partial charge is 0.435 e. The molecule has 0 bridgehead atoms. The highest BCUT2D eigenvalue weighted by molar-refractivity contribution is 6.05. The molecule has 29 heavy (non-hydrogen) atoms. The molecule has 1 aliphatic heterocycles. The molecular formula is C21H22F3N3O2. The van der Waals surface area contributed by atoms with Crippen molar-refractivity contribution in [3.05, 3.63) is 53.6 Å². The number of aliphatic imine (C=N–C) groups is 1. The number of rotatable bonds is 8. The molecule has 0 saturated heterocycles. The van der Waals surface area contributed by atoms with Crippen molar-refractivity contribution < 1.29 is 22.7 Å². The van der Waals surface area contributed by atoms with Crippen LogP contribution in [0, 0.1) is 0 Å². The number of amides is 1. The summed E-state index contributed by atoms with van der Waals surface area (Å²) in [6, 6.07) is 11.0. The molecule has 1 aliphatic rings. The fourth-order valence-corrected chi connectivity index (χ4v) is 3.29. The first-order valence-corrected chi connectivity index (χ1v) is 9.25. The summed E-state index contributed by atoms with van der Waals surface area (Å²) in [6.45, 7) is -3.33. The van der Waals surface area contributed by atoms with Crippen LogP contribution in [-0.2, 0) is 11.2 Å². The number of benzene rings is 2. The number of carbonyl (C=O) groups excluding carboxylic acids is 1. The van der Waals surface area contributed by atoms with Crippen molar-refractivity contribution in [3.63, 3.8) is 0 Å². The maximum absolute atomic E-state index is 12.7.